The quantitative estimate of drug-likeness (QED) is 0.732. The zero-order valence-corrected chi connectivity index (χ0v) is 15.3. The SMILES string of the molecule is COc1cc2c(cc1NC(=O)C(NC(C)=O)C(C)C)oc1ccccc12. The van der Waals surface area contributed by atoms with Crippen molar-refractivity contribution in [3.8, 4) is 5.75 Å². The zero-order valence-electron chi connectivity index (χ0n) is 15.3. The fourth-order valence-electron chi connectivity index (χ4n) is 2.98. The highest BCUT2D eigenvalue weighted by Crippen LogP contribution is 2.36. The number of rotatable bonds is 5. The summed E-state index contributed by atoms with van der Waals surface area (Å²) >= 11 is 0. The zero-order chi connectivity index (χ0) is 18.8. The third-order valence-corrected chi connectivity index (χ3v) is 4.26. The Bertz CT molecular complexity index is 975. The number of ether oxygens (including phenoxy) is 1. The minimum Gasteiger partial charge on any atom is -0.495 e. The molecule has 1 atom stereocenters. The van der Waals surface area contributed by atoms with Crippen LogP contribution < -0.4 is 15.4 Å². The van der Waals surface area contributed by atoms with Crippen LogP contribution in [0.15, 0.2) is 40.8 Å². The van der Waals surface area contributed by atoms with Gasteiger partial charge in [0, 0.05) is 23.8 Å². The molecule has 0 saturated heterocycles. The van der Waals surface area contributed by atoms with Gasteiger partial charge in [-0.2, -0.15) is 0 Å². The van der Waals surface area contributed by atoms with Crippen LogP contribution in [0.25, 0.3) is 21.9 Å². The molecule has 0 bridgehead atoms. The first kappa shape index (κ1) is 17.8. The predicted octanol–water partition coefficient (Wildman–Crippen LogP) is 3.69. The predicted molar refractivity (Wildman–Crippen MR) is 101 cm³/mol. The van der Waals surface area contributed by atoms with Gasteiger partial charge in [0.2, 0.25) is 11.8 Å². The van der Waals surface area contributed by atoms with E-state index in [1.807, 2.05) is 44.2 Å². The van der Waals surface area contributed by atoms with Gasteiger partial charge in [-0.05, 0) is 18.1 Å². The van der Waals surface area contributed by atoms with Crippen LogP contribution in [0.3, 0.4) is 0 Å². The van der Waals surface area contributed by atoms with Crippen LogP contribution in [0.4, 0.5) is 5.69 Å². The second-order valence-electron chi connectivity index (χ2n) is 6.56. The summed E-state index contributed by atoms with van der Waals surface area (Å²) in [6.45, 7) is 5.14. The summed E-state index contributed by atoms with van der Waals surface area (Å²) in [5.41, 5.74) is 1.93. The molecule has 3 rings (SSSR count). The summed E-state index contributed by atoms with van der Waals surface area (Å²) in [6.07, 6.45) is 0. The van der Waals surface area contributed by atoms with Crippen LogP contribution in [-0.2, 0) is 9.59 Å². The minimum atomic E-state index is -0.636. The van der Waals surface area contributed by atoms with Crippen molar-refractivity contribution in [2.45, 2.75) is 26.8 Å². The maximum atomic E-state index is 12.7. The molecule has 6 heteroatoms. The molecular weight excluding hydrogens is 332 g/mol. The Morgan fingerprint density at radius 2 is 1.81 bits per heavy atom. The number of hydrogen-bond donors (Lipinski definition) is 2. The lowest BCUT2D eigenvalue weighted by Gasteiger charge is -2.21. The van der Waals surface area contributed by atoms with Crippen LogP contribution in [0.5, 0.6) is 5.75 Å². The van der Waals surface area contributed by atoms with E-state index in [1.165, 1.54) is 6.92 Å². The van der Waals surface area contributed by atoms with Gasteiger partial charge < -0.3 is 19.8 Å². The Labute approximate surface area is 151 Å². The number of benzene rings is 2. The van der Waals surface area contributed by atoms with Crippen molar-refractivity contribution in [1.29, 1.82) is 0 Å². The maximum absolute atomic E-state index is 12.7. The fraction of sp³-hybridized carbons (Fsp3) is 0.300. The van der Waals surface area contributed by atoms with Crippen LogP contribution in [0, 0.1) is 5.92 Å². The minimum absolute atomic E-state index is 0.0557. The number of carbonyl (C=O) groups is 2. The van der Waals surface area contributed by atoms with Crippen molar-refractivity contribution in [2.24, 2.45) is 5.92 Å². The number of carbonyl (C=O) groups excluding carboxylic acids is 2. The molecule has 0 saturated carbocycles. The van der Waals surface area contributed by atoms with E-state index >= 15 is 0 Å². The first-order valence-corrected chi connectivity index (χ1v) is 8.48. The van der Waals surface area contributed by atoms with Gasteiger partial charge in [0.1, 0.15) is 23.0 Å². The molecule has 0 aliphatic carbocycles. The summed E-state index contributed by atoms with van der Waals surface area (Å²) in [7, 11) is 1.55. The van der Waals surface area contributed by atoms with Gasteiger partial charge in [0.15, 0.2) is 0 Å². The van der Waals surface area contributed by atoms with Gasteiger partial charge in [-0.25, -0.2) is 0 Å². The Kier molecular flexibility index (Phi) is 4.84. The first-order valence-electron chi connectivity index (χ1n) is 8.48. The number of nitrogens with one attached hydrogen (secondary N) is 2. The molecule has 2 N–H and O–H groups in total. The number of anilines is 1. The molecule has 26 heavy (non-hydrogen) atoms. The van der Waals surface area contributed by atoms with E-state index in [0.29, 0.717) is 17.0 Å². The third-order valence-electron chi connectivity index (χ3n) is 4.26. The van der Waals surface area contributed by atoms with Crippen LogP contribution in [0.1, 0.15) is 20.8 Å². The van der Waals surface area contributed by atoms with Crippen LogP contribution in [0.2, 0.25) is 0 Å². The smallest absolute Gasteiger partial charge is 0.247 e. The van der Waals surface area contributed by atoms with Crippen molar-refractivity contribution in [3.63, 3.8) is 0 Å². The third kappa shape index (κ3) is 3.35. The van der Waals surface area contributed by atoms with Gasteiger partial charge in [0.05, 0.1) is 12.8 Å². The van der Waals surface area contributed by atoms with E-state index in [-0.39, 0.29) is 17.7 Å². The monoisotopic (exact) mass is 354 g/mol. The van der Waals surface area contributed by atoms with E-state index in [1.54, 1.807) is 13.2 Å². The van der Waals surface area contributed by atoms with Crippen molar-refractivity contribution < 1.29 is 18.7 Å². The van der Waals surface area contributed by atoms with E-state index in [2.05, 4.69) is 10.6 Å². The number of hydrogen-bond acceptors (Lipinski definition) is 4. The molecule has 0 spiro atoms. The second kappa shape index (κ2) is 7.07. The lowest BCUT2D eigenvalue weighted by Crippen LogP contribution is -2.46. The average Bonchev–Trinajstić information content (AvgIpc) is 2.95. The van der Waals surface area contributed by atoms with E-state index in [9.17, 15) is 9.59 Å². The van der Waals surface area contributed by atoms with Gasteiger partial charge in [-0.1, -0.05) is 32.0 Å². The molecule has 1 heterocycles. The number of amides is 2. The van der Waals surface area contributed by atoms with Crippen LogP contribution in [-0.4, -0.2) is 25.0 Å². The molecule has 1 unspecified atom stereocenters. The number of fused-ring (bicyclic) bond motifs is 3. The number of furan rings is 1. The molecule has 1 aromatic heterocycles. The molecule has 0 aliphatic rings. The maximum Gasteiger partial charge on any atom is 0.247 e. The summed E-state index contributed by atoms with van der Waals surface area (Å²) in [4.78, 5) is 24.0. The highest BCUT2D eigenvalue weighted by molar-refractivity contribution is 6.08. The molecule has 0 radical (unpaired) electrons. The van der Waals surface area contributed by atoms with Gasteiger partial charge in [-0.15, -0.1) is 0 Å². The standard InChI is InChI=1S/C20H22N2O4/c1-11(2)19(21-12(3)23)20(24)22-15-10-17-14(9-18(15)25-4)13-7-5-6-8-16(13)26-17/h5-11,19H,1-4H3,(H,21,23)(H,22,24). The Morgan fingerprint density at radius 3 is 2.46 bits per heavy atom. The van der Waals surface area contributed by atoms with E-state index in [4.69, 9.17) is 9.15 Å². The lowest BCUT2D eigenvalue weighted by atomic mass is 10.0. The average molecular weight is 354 g/mol. The largest absolute Gasteiger partial charge is 0.495 e. The van der Waals surface area contributed by atoms with Crippen molar-refractivity contribution >= 4 is 39.4 Å². The van der Waals surface area contributed by atoms with Crippen molar-refractivity contribution in [1.82, 2.24) is 5.32 Å². The van der Waals surface area contributed by atoms with E-state index in [0.717, 1.165) is 16.4 Å². The summed E-state index contributed by atoms with van der Waals surface area (Å²) in [6, 6.07) is 10.7. The van der Waals surface area contributed by atoms with Crippen molar-refractivity contribution in [3.05, 3.63) is 36.4 Å². The number of para-hydroxylation sites is 1. The molecular formula is C20H22N2O4. The first-order chi connectivity index (χ1) is 12.4. The fourth-order valence-corrected chi connectivity index (χ4v) is 2.98. The topological polar surface area (TPSA) is 80.6 Å². The van der Waals surface area contributed by atoms with Gasteiger partial charge in [-0.3, -0.25) is 9.59 Å². The molecule has 136 valence electrons. The molecule has 2 amide bonds. The van der Waals surface area contributed by atoms with Crippen LogP contribution >= 0.6 is 0 Å². The summed E-state index contributed by atoms with van der Waals surface area (Å²) in [5, 5.41) is 7.42. The highest BCUT2D eigenvalue weighted by atomic mass is 16.5. The summed E-state index contributed by atoms with van der Waals surface area (Å²) in [5.74, 6) is -0.0786. The lowest BCUT2D eigenvalue weighted by molar-refractivity contribution is -0.126. The molecule has 3 aromatic rings. The second-order valence-corrected chi connectivity index (χ2v) is 6.56. The highest BCUT2D eigenvalue weighted by Gasteiger charge is 2.24. The number of methoxy groups -OCH3 is 1. The van der Waals surface area contributed by atoms with Gasteiger partial charge in [0.25, 0.3) is 0 Å². The Morgan fingerprint density at radius 1 is 1.08 bits per heavy atom. The normalized spacial score (nSPS) is 12.3. The molecule has 0 aliphatic heterocycles. The summed E-state index contributed by atoms with van der Waals surface area (Å²) < 4.78 is 11.3. The Balaban J connectivity index is 1.99. The van der Waals surface area contributed by atoms with E-state index < -0.39 is 6.04 Å². The van der Waals surface area contributed by atoms with Crippen molar-refractivity contribution in [2.75, 3.05) is 12.4 Å². The van der Waals surface area contributed by atoms with Gasteiger partial charge >= 0.3 is 0 Å². The molecule has 6 nitrogen and oxygen atoms in total. The Hall–Kier alpha value is -3.02. The molecule has 0 fully saturated rings. The molecule has 2 aromatic carbocycles.